The first-order valence-corrected chi connectivity index (χ1v) is 4.34. The van der Waals surface area contributed by atoms with Crippen molar-refractivity contribution in [1.29, 1.82) is 0 Å². The number of phenolic OH excluding ortho intramolecular Hbond substituents is 1. The maximum Gasteiger partial charge on any atom is 0.142 e. The fraction of sp³-hybridized carbons (Fsp3) is 0.300. The van der Waals surface area contributed by atoms with Crippen molar-refractivity contribution < 1.29 is 9.90 Å². The molecule has 0 spiro atoms. The lowest BCUT2D eigenvalue weighted by Gasteiger charge is -2.23. The minimum Gasteiger partial charge on any atom is -0.506 e. The van der Waals surface area contributed by atoms with Crippen LogP contribution in [-0.4, -0.2) is 17.4 Å². The molecule has 2 N–H and O–H groups in total. The molecule has 0 fully saturated rings. The van der Waals surface area contributed by atoms with Crippen molar-refractivity contribution in [2.45, 2.75) is 18.9 Å². The van der Waals surface area contributed by atoms with Crippen molar-refractivity contribution in [2.24, 2.45) is 0 Å². The van der Waals surface area contributed by atoms with Crippen LogP contribution in [0, 0.1) is 0 Å². The van der Waals surface area contributed by atoms with Crippen molar-refractivity contribution in [3.63, 3.8) is 0 Å². The van der Waals surface area contributed by atoms with Crippen LogP contribution in [0.5, 0.6) is 5.75 Å². The van der Waals surface area contributed by atoms with Crippen molar-refractivity contribution in [1.82, 2.24) is 0 Å². The Balaban J connectivity index is 2.37. The van der Waals surface area contributed by atoms with Gasteiger partial charge in [0, 0.05) is 0 Å². The van der Waals surface area contributed by atoms with Crippen molar-refractivity contribution >= 4 is 12.0 Å². The van der Waals surface area contributed by atoms with E-state index >= 15 is 0 Å². The second-order valence-electron chi connectivity index (χ2n) is 3.24. The Bertz CT molecular complexity index is 336. The Labute approximate surface area is 76.4 Å². The number of phenols is 1. The average molecular weight is 177 g/mol. The molecular weight excluding hydrogens is 166 g/mol. The highest BCUT2D eigenvalue weighted by Crippen LogP contribution is 2.32. The maximum atomic E-state index is 10.5. The van der Waals surface area contributed by atoms with Gasteiger partial charge in [0.25, 0.3) is 0 Å². The molecule has 1 aromatic rings. The fourth-order valence-electron chi connectivity index (χ4n) is 1.63. The van der Waals surface area contributed by atoms with Gasteiger partial charge in [0.1, 0.15) is 12.0 Å². The van der Waals surface area contributed by atoms with Gasteiger partial charge < -0.3 is 15.2 Å². The number of carbonyl (C=O) groups is 1. The van der Waals surface area contributed by atoms with Gasteiger partial charge in [0.05, 0.1) is 11.7 Å². The molecule has 68 valence electrons. The summed E-state index contributed by atoms with van der Waals surface area (Å²) in [5, 5.41) is 12.5. The number of hydrogen-bond acceptors (Lipinski definition) is 3. The zero-order valence-corrected chi connectivity index (χ0v) is 7.16. The molecule has 13 heavy (non-hydrogen) atoms. The number of aryl methyl sites for hydroxylation is 1. The van der Waals surface area contributed by atoms with Crippen LogP contribution in [0.4, 0.5) is 5.69 Å². The minimum atomic E-state index is -0.152. The zero-order valence-electron chi connectivity index (χ0n) is 7.16. The van der Waals surface area contributed by atoms with Crippen molar-refractivity contribution in [3.05, 3.63) is 23.8 Å². The zero-order chi connectivity index (χ0) is 9.26. The number of nitrogens with one attached hydrogen (secondary N) is 1. The molecule has 2 rings (SSSR count). The van der Waals surface area contributed by atoms with E-state index in [-0.39, 0.29) is 11.8 Å². The Morgan fingerprint density at radius 2 is 2.38 bits per heavy atom. The number of para-hydroxylation sites is 1. The molecule has 1 atom stereocenters. The molecule has 0 saturated carbocycles. The number of hydrogen-bond donors (Lipinski definition) is 2. The van der Waals surface area contributed by atoms with Gasteiger partial charge in [-0.2, -0.15) is 0 Å². The van der Waals surface area contributed by atoms with Gasteiger partial charge in [0.15, 0.2) is 0 Å². The molecule has 0 aromatic heterocycles. The molecule has 0 radical (unpaired) electrons. The van der Waals surface area contributed by atoms with E-state index in [4.69, 9.17) is 0 Å². The van der Waals surface area contributed by atoms with Gasteiger partial charge in [-0.25, -0.2) is 0 Å². The first-order chi connectivity index (χ1) is 6.31. The van der Waals surface area contributed by atoms with Crippen LogP contribution in [0.15, 0.2) is 18.2 Å². The Morgan fingerprint density at radius 3 is 3.15 bits per heavy atom. The van der Waals surface area contributed by atoms with E-state index in [1.807, 2.05) is 12.1 Å². The van der Waals surface area contributed by atoms with E-state index in [1.54, 1.807) is 6.07 Å². The molecule has 1 aliphatic heterocycles. The van der Waals surface area contributed by atoms with E-state index in [1.165, 1.54) is 0 Å². The van der Waals surface area contributed by atoms with Crippen LogP contribution in [0.25, 0.3) is 0 Å². The normalized spacial score (nSPS) is 20.2. The van der Waals surface area contributed by atoms with Crippen LogP contribution in [0.2, 0.25) is 0 Å². The summed E-state index contributed by atoms with van der Waals surface area (Å²) in [5.41, 5.74) is 1.80. The van der Waals surface area contributed by atoms with Gasteiger partial charge in [-0.15, -0.1) is 0 Å². The Hall–Kier alpha value is -1.51. The predicted molar refractivity (Wildman–Crippen MR) is 49.9 cm³/mol. The minimum absolute atomic E-state index is 0.152. The van der Waals surface area contributed by atoms with E-state index in [9.17, 15) is 9.90 Å². The molecule has 0 aliphatic carbocycles. The quantitative estimate of drug-likeness (QED) is 0.502. The average Bonchev–Trinajstić information content (AvgIpc) is 2.18. The van der Waals surface area contributed by atoms with Crippen molar-refractivity contribution in [3.8, 4) is 5.75 Å². The molecular formula is C10H11NO2. The van der Waals surface area contributed by atoms with Crippen LogP contribution in [-0.2, 0) is 11.2 Å². The molecule has 1 heterocycles. The predicted octanol–water partition coefficient (Wildman–Crippen LogP) is 1.32. The first-order valence-electron chi connectivity index (χ1n) is 4.34. The topological polar surface area (TPSA) is 49.3 Å². The lowest BCUT2D eigenvalue weighted by molar-refractivity contribution is -0.108. The van der Waals surface area contributed by atoms with E-state index in [0.29, 0.717) is 5.69 Å². The number of fused-ring (bicyclic) bond motifs is 1. The molecule has 0 saturated heterocycles. The summed E-state index contributed by atoms with van der Waals surface area (Å²) in [6, 6.07) is 5.25. The van der Waals surface area contributed by atoms with E-state index in [2.05, 4.69) is 5.32 Å². The highest BCUT2D eigenvalue weighted by atomic mass is 16.3. The number of anilines is 1. The molecule has 3 heteroatoms. The third-order valence-corrected chi connectivity index (χ3v) is 2.35. The number of carbonyl (C=O) groups excluding carboxylic acids is 1. The monoisotopic (exact) mass is 177 g/mol. The van der Waals surface area contributed by atoms with Gasteiger partial charge in [0.2, 0.25) is 0 Å². The summed E-state index contributed by atoms with van der Waals surface area (Å²) in [7, 11) is 0. The second kappa shape index (κ2) is 3.09. The Morgan fingerprint density at radius 1 is 1.54 bits per heavy atom. The molecule has 0 bridgehead atoms. The summed E-state index contributed by atoms with van der Waals surface area (Å²) in [6.45, 7) is 0. The summed E-state index contributed by atoms with van der Waals surface area (Å²) in [6.07, 6.45) is 2.54. The molecule has 1 unspecified atom stereocenters. The van der Waals surface area contributed by atoms with Crippen LogP contribution < -0.4 is 5.32 Å². The maximum absolute atomic E-state index is 10.5. The highest BCUT2D eigenvalue weighted by Gasteiger charge is 2.18. The Kier molecular flexibility index (Phi) is 1.93. The van der Waals surface area contributed by atoms with Crippen LogP contribution in [0.1, 0.15) is 12.0 Å². The molecule has 1 aliphatic rings. The standard InChI is InChI=1S/C10H11NO2/c12-6-8-5-4-7-2-1-3-9(13)10(7)11-8/h1-3,6,8,11,13H,4-5H2. The lowest BCUT2D eigenvalue weighted by Crippen LogP contribution is -2.26. The highest BCUT2D eigenvalue weighted by molar-refractivity contribution is 5.71. The molecule has 3 nitrogen and oxygen atoms in total. The smallest absolute Gasteiger partial charge is 0.142 e. The van der Waals surface area contributed by atoms with E-state index < -0.39 is 0 Å². The van der Waals surface area contributed by atoms with E-state index in [0.717, 1.165) is 24.7 Å². The number of rotatable bonds is 1. The largest absolute Gasteiger partial charge is 0.506 e. The van der Waals surface area contributed by atoms with Crippen LogP contribution >= 0.6 is 0 Å². The third-order valence-electron chi connectivity index (χ3n) is 2.35. The van der Waals surface area contributed by atoms with Crippen LogP contribution in [0.3, 0.4) is 0 Å². The fourth-order valence-corrected chi connectivity index (χ4v) is 1.63. The van der Waals surface area contributed by atoms with Gasteiger partial charge in [-0.05, 0) is 24.5 Å². The number of aldehydes is 1. The summed E-state index contributed by atoms with van der Waals surface area (Å²) >= 11 is 0. The lowest BCUT2D eigenvalue weighted by atomic mass is 9.98. The van der Waals surface area contributed by atoms with Crippen molar-refractivity contribution in [2.75, 3.05) is 5.32 Å². The SMILES string of the molecule is O=CC1CCc2cccc(O)c2N1. The third kappa shape index (κ3) is 1.37. The summed E-state index contributed by atoms with van der Waals surface area (Å²) in [5.74, 6) is 0.226. The number of benzene rings is 1. The van der Waals surface area contributed by atoms with Gasteiger partial charge in [-0.3, -0.25) is 0 Å². The van der Waals surface area contributed by atoms with Gasteiger partial charge in [-0.1, -0.05) is 12.1 Å². The molecule has 0 amide bonds. The second-order valence-corrected chi connectivity index (χ2v) is 3.24. The molecule has 1 aromatic carbocycles. The summed E-state index contributed by atoms with van der Waals surface area (Å²) < 4.78 is 0. The van der Waals surface area contributed by atoms with Gasteiger partial charge >= 0.3 is 0 Å². The number of aromatic hydroxyl groups is 1. The first kappa shape index (κ1) is 8.10. The summed E-state index contributed by atoms with van der Waals surface area (Å²) in [4.78, 5) is 10.5.